The summed E-state index contributed by atoms with van der Waals surface area (Å²) in [5, 5.41) is 10.2. The highest BCUT2D eigenvalue weighted by molar-refractivity contribution is 5.84. The summed E-state index contributed by atoms with van der Waals surface area (Å²) in [5.41, 5.74) is -0.000983. The van der Waals surface area contributed by atoms with Crippen LogP contribution in [0.3, 0.4) is 0 Å². The molecule has 0 aromatic carbocycles. The van der Waals surface area contributed by atoms with Crippen molar-refractivity contribution in [3.63, 3.8) is 0 Å². The van der Waals surface area contributed by atoms with Crippen molar-refractivity contribution < 1.29 is 14.6 Å². The number of carbonyl (C=O) groups is 1. The highest BCUT2D eigenvalue weighted by Gasteiger charge is 2.65. The van der Waals surface area contributed by atoms with Gasteiger partial charge in [-0.15, -0.1) is 6.58 Å². The number of carbonyl (C=O) groups excluding carboxylic acids is 1. The first-order valence-corrected chi connectivity index (χ1v) is 10.7. The van der Waals surface area contributed by atoms with Crippen LogP contribution in [0.5, 0.6) is 0 Å². The van der Waals surface area contributed by atoms with Crippen LogP contribution in [0.2, 0.25) is 0 Å². The van der Waals surface area contributed by atoms with Gasteiger partial charge >= 0.3 is 0 Å². The Labute approximate surface area is 158 Å². The smallest absolute Gasteiger partial charge is 0.136 e. The average Bonchev–Trinajstić information content (AvgIpc) is 3.01. The predicted octanol–water partition coefficient (Wildman–Crippen LogP) is 4.39. The lowest BCUT2D eigenvalue weighted by atomic mass is 9.43. The summed E-state index contributed by atoms with van der Waals surface area (Å²) in [6.45, 7) is 8.36. The minimum atomic E-state index is -0.249. The number of methoxy groups -OCH3 is 1. The number of fused-ring (bicyclic) bond motifs is 5. The lowest BCUT2D eigenvalue weighted by Gasteiger charge is -2.62. The van der Waals surface area contributed by atoms with Gasteiger partial charge < -0.3 is 9.84 Å². The van der Waals surface area contributed by atoms with Crippen molar-refractivity contribution in [3.8, 4) is 0 Å². The fourth-order valence-corrected chi connectivity index (χ4v) is 8.23. The van der Waals surface area contributed by atoms with Crippen LogP contribution in [0.25, 0.3) is 0 Å². The number of aliphatic hydroxyl groups is 1. The Hall–Kier alpha value is -0.670. The SMILES string of the molecule is C=CC1CC[C@H]2[C@@H]3CC[C@H]4C[C@H](O)CC[C@]4(C)[C@H]3[C@@H](OC)CC12C(C)=O. The zero-order chi connectivity index (χ0) is 18.7. The van der Waals surface area contributed by atoms with Gasteiger partial charge in [0.15, 0.2) is 0 Å². The van der Waals surface area contributed by atoms with Gasteiger partial charge in [-0.2, -0.15) is 0 Å². The lowest BCUT2D eigenvalue weighted by Crippen LogP contribution is -2.61. The summed E-state index contributed by atoms with van der Waals surface area (Å²) in [7, 11) is 1.85. The van der Waals surface area contributed by atoms with E-state index in [2.05, 4.69) is 19.6 Å². The van der Waals surface area contributed by atoms with Crippen molar-refractivity contribution in [2.24, 2.45) is 40.4 Å². The number of allylic oxidation sites excluding steroid dienone is 1. The van der Waals surface area contributed by atoms with Crippen LogP contribution < -0.4 is 0 Å². The first-order valence-electron chi connectivity index (χ1n) is 10.7. The van der Waals surface area contributed by atoms with E-state index >= 15 is 0 Å². The van der Waals surface area contributed by atoms with Crippen LogP contribution in [0.1, 0.15) is 65.2 Å². The second-order valence-corrected chi connectivity index (χ2v) is 10.00. The molecule has 146 valence electrons. The Morgan fingerprint density at radius 2 is 2.00 bits per heavy atom. The molecule has 0 saturated heterocycles. The summed E-state index contributed by atoms with van der Waals surface area (Å²) in [4.78, 5) is 13.0. The summed E-state index contributed by atoms with van der Waals surface area (Å²) in [6, 6.07) is 0. The monoisotopic (exact) mass is 360 g/mol. The number of Topliss-reactive ketones (excluding diaryl/α,β-unsaturated/α-hetero) is 1. The molecule has 2 unspecified atom stereocenters. The molecule has 0 amide bonds. The third-order valence-electron chi connectivity index (χ3n) is 9.39. The molecule has 9 atom stereocenters. The summed E-state index contributed by atoms with van der Waals surface area (Å²) >= 11 is 0. The number of ether oxygens (including phenoxy) is 1. The largest absolute Gasteiger partial charge is 0.393 e. The van der Waals surface area contributed by atoms with E-state index in [0.29, 0.717) is 35.4 Å². The molecule has 4 aliphatic carbocycles. The van der Waals surface area contributed by atoms with Gasteiger partial charge in [0.2, 0.25) is 0 Å². The molecular formula is C23H36O3. The Balaban J connectivity index is 1.75. The van der Waals surface area contributed by atoms with Gasteiger partial charge in [-0.05, 0) is 93.3 Å². The average molecular weight is 361 g/mol. The van der Waals surface area contributed by atoms with E-state index < -0.39 is 0 Å². The van der Waals surface area contributed by atoms with Crippen LogP contribution in [0, 0.1) is 40.4 Å². The molecule has 0 aromatic rings. The van der Waals surface area contributed by atoms with E-state index in [4.69, 9.17) is 4.74 Å². The second-order valence-electron chi connectivity index (χ2n) is 10.00. The van der Waals surface area contributed by atoms with Crippen LogP contribution in [-0.4, -0.2) is 30.2 Å². The molecule has 4 fully saturated rings. The normalized spacial score (nSPS) is 53.3. The van der Waals surface area contributed by atoms with Crippen LogP contribution in [-0.2, 0) is 9.53 Å². The maximum absolute atomic E-state index is 13.0. The van der Waals surface area contributed by atoms with E-state index in [1.807, 2.05) is 14.0 Å². The van der Waals surface area contributed by atoms with E-state index in [-0.39, 0.29) is 23.0 Å². The maximum Gasteiger partial charge on any atom is 0.136 e. The van der Waals surface area contributed by atoms with Gasteiger partial charge in [0, 0.05) is 12.5 Å². The van der Waals surface area contributed by atoms with Crippen molar-refractivity contribution in [1.82, 2.24) is 0 Å². The van der Waals surface area contributed by atoms with Gasteiger partial charge in [-0.1, -0.05) is 13.0 Å². The minimum absolute atomic E-state index is 0.123. The molecule has 0 radical (unpaired) electrons. The Kier molecular flexibility index (Phi) is 4.63. The van der Waals surface area contributed by atoms with Gasteiger partial charge in [-0.25, -0.2) is 0 Å². The Morgan fingerprint density at radius 3 is 2.65 bits per heavy atom. The molecule has 0 spiro atoms. The first kappa shape index (κ1) is 18.7. The van der Waals surface area contributed by atoms with Crippen molar-refractivity contribution in [2.75, 3.05) is 7.11 Å². The molecular weight excluding hydrogens is 324 g/mol. The Morgan fingerprint density at radius 1 is 1.23 bits per heavy atom. The van der Waals surface area contributed by atoms with Crippen molar-refractivity contribution in [1.29, 1.82) is 0 Å². The molecule has 4 aliphatic rings. The summed E-state index contributed by atoms with van der Waals surface area (Å²) < 4.78 is 6.13. The van der Waals surface area contributed by atoms with E-state index in [0.717, 1.165) is 38.5 Å². The molecule has 0 bridgehead atoms. The number of hydrogen-bond acceptors (Lipinski definition) is 3. The van der Waals surface area contributed by atoms with Crippen LogP contribution >= 0.6 is 0 Å². The van der Waals surface area contributed by atoms with Crippen LogP contribution in [0.15, 0.2) is 12.7 Å². The molecule has 0 aliphatic heterocycles. The van der Waals surface area contributed by atoms with Gasteiger partial charge in [0.25, 0.3) is 0 Å². The molecule has 3 nitrogen and oxygen atoms in total. The number of ketones is 1. The predicted molar refractivity (Wildman–Crippen MR) is 103 cm³/mol. The summed E-state index contributed by atoms with van der Waals surface area (Å²) in [6.07, 6.45) is 10.6. The van der Waals surface area contributed by atoms with E-state index in [1.54, 1.807) is 0 Å². The number of hydrogen-bond donors (Lipinski definition) is 1. The fraction of sp³-hybridized carbons (Fsp3) is 0.870. The van der Waals surface area contributed by atoms with Gasteiger partial charge in [0.05, 0.1) is 12.2 Å². The molecule has 4 rings (SSSR count). The minimum Gasteiger partial charge on any atom is -0.393 e. The van der Waals surface area contributed by atoms with E-state index in [9.17, 15) is 9.90 Å². The molecule has 26 heavy (non-hydrogen) atoms. The Bertz CT molecular complexity index is 586. The number of rotatable bonds is 3. The highest BCUT2D eigenvalue weighted by Crippen LogP contribution is 2.68. The van der Waals surface area contributed by atoms with Gasteiger partial charge in [-0.3, -0.25) is 4.79 Å². The third kappa shape index (κ3) is 2.35. The molecule has 1 N–H and O–H groups in total. The van der Waals surface area contributed by atoms with Crippen molar-refractivity contribution in [2.45, 2.75) is 77.4 Å². The zero-order valence-corrected chi connectivity index (χ0v) is 16.7. The maximum atomic E-state index is 13.0. The first-order chi connectivity index (χ1) is 12.4. The van der Waals surface area contributed by atoms with Crippen LogP contribution in [0.4, 0.5) is 0 Å². The topological polar surface area (TPSA) is 46.5 Å². The third-order valence-corrected chi connectivity index (χ3v) is 9.39. The quantitative estimate of drug-likeness (QED) is 0.760. The lowest BCUT2D eigenvalue weighted by molar-refractivity contribution is -0.189. The summed E-state index contributed by atoms with van der Waals surface area (Å²) in [5.74, 6) is 2.87. The number of aliphatic hydroxyl groups excluding tert-OH is 1. The molecule has 0 aromatic heterocycles. The molecule has 3 heteroatoms. The second kappa shape index (κ2) is 6.44. The highest BCUT2D eigenvalue weighted by atomic mass is 16.5. The van der Waals surface area contributed by atoms with Crippen molar-refractivity contribution in [3.05, 3.63) is 12.7 Å². The van der Waals surface area contributed by atoms with E-state index in [1.165, 1.54) is 12.8 Å². The molecule has 4 saturated carbocycles. The van der Waals surface area contributed by atoms with Crippen molar-refractivity contribution >= 4 is 5.78 Å². The standard InChI is InChI=1S/C23H36O3/c1-5-15-7-9-19-18-8-6-16-12-17(25)10-11-22(16,3)21(18)20(26-4)13-23(15,19)14(2)24/h5,15-21,25H,1,6-13H2,2-4H3/t15?,16-,17+,18-,19-,20-,21+,22-,23?/m0/s1. The van der Waals surface area contributed by atoms with Gasteiger partial charge in [0.1, 0.15) is 5.78 Å². The fourth-order valence-electron chi connectivity index (χ4n) is 8.23. The zero-order valence-electron chi connectivity index (χ0n) is 16.7. The molecule has 0 heterocycles.